The lowest BCUT2D eigenvalue weighted by Crippen LogP contribution is -2.30. The predicted molar refractivity (Wildman–Crippen MR) is 72.5 cm³/mol. The molecular formula is C15H20N2O. The number of oxazole rings is 1. The topological polar surface area (TPSA) is 38.1 Å². The molecule has 0 saturated heterocycles. The van der Waals surface area contributed by atoms with E-state index in [1.807, 2.05) is 0 Å². The summed E-state index contributed by atoms with van der Waals surface area (Å²) >= 11 is 0. The van der Waals surface area contributed by atoms with Crippen molar-refractivity contribution in [2.75, 3.05) is 7.05 Å². The van der Waals surface area contributed by atoms with Gasteiger partial charge < -0.3 is 9.73 Å². The monoisotopic (exact) mass is 244 g/mol. The zero-order valence-electron chi connectivity index (χ0n) is 10.9. The molecule has 3 heteroatoms. The first-order valence-electron chi connectivity index (χ1n) is 6.84. The van der Waals surface area contributed by atoms with Crippen LogP contribution in [0.1, 0.15) is 31.2 Å². The summed E-state index contributed by atoms with van der Waals surface area (Å²) in [5, 5.41) is 3.39. The molecule has 0 spiro atoms. The predicted octanol–water partition coefficient (Wildman–Crippen LogP) is 3.15. The maximum atomic E-state index is 5.36. The van der Waals surface area contributed by atoms with Gasteiger partial charge >= 0.3 is 0 Å². The number of aromatic nitrogens is 1. The van der Waals surface area contributed by atoms with Crippen molar-refractivity contribution in [2.24, 2.45) is 5.92 Å². The highest BCUT2D eigenvalue weighted by atomic mass is 16.3. The minimum Gasteiger partial charge on any atom is -0.443 e. The summed E-state index contributed by atoms with van der Waals surface area (Å²) in [6.07, 6.45) is 7.98. The van der Waals surface area contributed by atoms with Crippen molar-refractivity contribution in [1.29, 1.82) is 0 Å². The van der Waals surface area contributed by atoms with Gasteiger partial charge in [0.2, 0.25) is 0 Å². The Kier molecular flexibility index (Phi) is 3.33. The molecule has 3 rings (SSSR count). The minimum absolute atomic E-state index is 0.734. The van der Waals surface area contributed by atoms with Crippen LogP contribution >= 0.6 is 0 Å². The Morgan fingerprint density at radius 3 is 2.89 bits per heavy atom. The van der Waals surface area contributed by atoms with E-state index < -0.39 is 0 Å². The molecule has 1 N–H and O–H groups in total. The molecule has 1 aromatic heterocycles. The van der Waals surface area contributed by atoms with Crippen LogP contribution in [0.2, 0.25) is 0 Å². The Labute approximate surface area is 108 Å². The molecular weight excluding hydrogens is 224 g/mol. The number of benzene rings is 1. The molecule has 0 bridgehead atoms. The lowest BCUT2D eigenvalue weighted by Gasteiger charge is -2.28. The Bertz CT molecular complexity index is 512. The summed E-state index contributed by atoms with van der Waals surface area (Å²) in [6.45, 7) is 0. The second kappa shape index (κ2) is 5.11. The summed E-state index contributed by atoms with van der Waals surface area (Å²) in [6, 6.07) is 7.13. The van der Waals surface area contributed by atoms with Crippen LogP contribution in [-0.2, 0) is 6.42 Å². The van der Waals surface area contributed by atoms with Crippen molar-refractivity contribution < 1.29 is 4.42 Å². The number of rotatable bonds is 3. The molecule has 0 unspecified atom stereocenters. The molecule has 0 aliphatic heterocycles. The lowest BCUT2D eigenvalue weighted by atomic mass is 9.82. The lowest BCUT2D eigenvalue weighted by molar-refractivity contribution is 0.300. The maximum Gasteiger partial charge on any atom is 0.181 e. The number of fused-ring (bicyclic) bond motifs is 1. The fraction of sp³-hybridized carbons (Fsp3) is 0.533. The van der Waals surface area contributed by atoms with E-state index in [4.69, 9.17) is 4.42 Å². The molecule has 18 heavy (non-hydrogen) atoms. The number of hydrogen-bond donors (Lipinski definition) is 1. The summed E-state index contributed by atoms with van der Waals surface area (Å²) in [7, 11) is 2.07. The molecule has 1 fully saturated rings. The van der Waals surface area contributed by atoms with E-state index in [0.29, 0.717) is 0 Å². The van der Waals surface area contributed by atoms with Gasteiger partial charge in [0.05, 0.1) is 0 Å². The molecule has 1 heterocycles. The first-order valence-corrected chi connectivity index (χ1v) is 6.84. The fourth-order valence-electron chi connectivity index (χ4n) is 3.02. The Hall–Kier alpha value is -1.35. The maximum absolute atomic E-state index is 5.36. The van der Waals surface area contributed by atoms with E-state index in [0.717, 1.165) is 23.1 Å². The molecule has 96 valence electrons. The van der Waals surface area contributed by atoms with E-state index in [1.165, 1.54) is 44.1 Å². The zero-order chi connectivity index (χ0) is 12.4. The minimum atomic E-state index is 0.734. The number of nitrogens with zero attached hydrogens (tertiary/aromatic N) is 1. The van der Waals surface area contributed by atoms with Crippen LogP contribution in [-0.4, -0.2) is 18.1 Å². The van der Waals surface area contributed by atoms with Crippen molar-refractivity contribution in [3.63, 3.8) is 0 Å². The first-order chi connectivity index (χ1) is 8.85. The van der Waals surface area contributed by atoms with Crippen LogP contribution in [0.3, 0.4) is 0 Å². The number of nitrogens with one attached hydrogen (secondary N) is 1. The van der Waals surface area contributed by atoms with E-state index in [2.05, 4.69) is 35.5 Å². The third-order valence-corrected chi connectivity index (χ3v) is 4.18. The van der Waals surface area contributed by atoms with Crippen LogP contribution in [0.5, 0.6) is 0 Å². The Balaban J connectivity index is 1.65. The summed E-state index contributed by atoms with van der Waals surface area (Å²) in [5.74, 6) is 0.829. The zero-order valence-corrected chi connectivity index (χ0v) is 10.9. The molecule has 3 nitrogen and oxygen atoms in total. The second-order valence-electron chi connectivity index (χ2n) is 5.36. The highest BCUT2D eigenvalue weighted by Crippen LogP contribution is 2.28. The molecule has 1 aromatic carbocycles. The molecule has 1 aliphatic rings. The molecule has 0 radical (unpaired) electrons. The van der Waals surface area contributed by atoms with Gasteiger partial charge in [-0.05, 0) is 62.8 Å². The second-order valence-corrected chi connectivity index (χ2v) is 5.36. The van der Waals surface area contributed by atoms with Crippen LogP contribution in [0.25, 0.3) is 11.1 Å². The SMILES string of the molecule is CNC1CCC(Cc2ccc3ncoc3c2)CC1. The van der Waals surface area contributed by atoms with Crippen LogP contribution < -0.4 is 5.32 Å². The van der Waals surface area contributed by atoms with Crippen LogP contribution in [0.15, 0.2) is 29.0 Å². The quantitative estimate of drug-likeness (QED) is 0.901. The van der Waals surface area contributed by atoms with Gasteiger partial charge in [-0.1, -0.05) is 6.07 Å². The molecule has 0 atom stereocenters. The molecule has 1 saturated carbocycles. The van der Waals surface area contributed by atoms with Gasteiger partial charge in [0.15, 0.2) is 12.0 Å². The van der Waals surface area contributed by atoms with Gasteiger partial charge in [-0.15, -0.1) is 0 Å². The van der Waals surface area contributed by atoms with Crippen molar-refractivity contribution >= 4 is 11.1 Å². The van der Waals surface area contributed by atoms with Gasteiger partial charge in [-0.2, -0.15) is 0 Å². The smallest absolute Gasteiger partial charge is 0.181 e. The van der Waals surface area contributed by atoms with Gasteiger partial charge in [0.1, 0.15) is 5.52 Å². The summed E-state index contributed by atoms with van der Waals surface area (Å²) in [4.78, 5) is 4.15. The van der Waals surface area contributed by atoms with Gasteiger partial charge in [0.25, 0.3) is 0 Å². The van der Waals surface area contributed by atoms with Gasteiger partial charge in [-0.3, -0.25) is 0 Å². The highest BCUT2D eigenvalue weighted by Gasteiger charge is 2.20. The van der Waals surface area contributed by atoms with Gasteiger partial charge in [0, 0.05) is 6.04 Å². The Morgan fingerprint density at radius 2 is 2.11 bits per heavy atom. The van der Waals surface area contributed by atoms with Gasteiger partial charge in [-0.25, -0.2) is 4.98 Å². The number of hydrogen-bond acceptors (Lipinski definition) is 3. The highest BCUT2D eigenvalue weighted by molar-refractivity contribution is 5.72. The van der Waals surface area contributed by atoms with Crippen molar-refractivity contribution in [3.05, 3.63) is 30.2 Å². The molecule has 1 aliphatic carbocycles. The Morgan fingerprint density at radius 1 is 1.28 bits per heavy atom. The first kappa shape index (κ1) is 11.7. The van der Waals surface area contributed by atoms with Crippen molar-refractivity contribution in [1.82, 2.24) is 10.3 Å². The molecule has 0 amide bonds. The third-order valence-electron chi connectivity index (χ3n) is 4.18. The van der Waals surface area contributed by atoms with Crippen molar-refractivity contribution in [2.45, 2.75) is 38.1 Å². The summed E-state index contributed by atoms with van der Waals surface area (Å²) < 4.78 is 5.36. The fourth-order valence-corrected chi connectivity index (χ4v) is 3.02. The molecule has 2 aromatic rings. The average molecular weight is 244 g/mol. The van der Waals surface area contributed by atoms with E-state index in [9.17, 15) is 0 Å². The van der Waals surface area contributed by atoms with E-state index >= 15 is 0 Å². The summed E-state index contributed by atoms with van der Waals surface area (Å²) in [5.41, 5.74) is 3.25. The average Bonchev–Trinajstić information content (AvgIpc) is 2.87. The van der Waals surface area contributed by atoms with E-state index in [1.54, 1.807) is 0 Å². The van der Waals surface area contributed by atoms with Crippen LogP contribution in [0.4, 0.5) is 0 Å². The van der Waals surface area contributed by atoms with Crippen LogP contribution in [0, 0.1) is 5.92 Å². The largest absolute Gasteiger partial charge is 0.443 e. The van der Waals surface area contributed by atoms with Crippen molar-refractivity contribution in [3.8, 4) is 0 Å². The third kappa shape index (κ3) is 2.41. The normalized spacial score (nSPS) is 24.5. The standard InChI is InChI=1S/C15H20N2O/c1-16-13-5-2-11(3-6-13)8-12-4-7-14-15(9-12)18-10-17-14/h4,7,9-11,13,16H,2-3,5-6,8H2,1H3. The van der Waals surface area contributed by atoms with E-state index in [-0.39, 0.29) is 0 Å².